The molecule has 2 rings (SSSR count). The molecule has 1 aromatic heterocycles. The molecule has 0 aliphatic carbocycles. The Morgan fingerprint density at radius 2 is 2.05 bits per heavy atom. The van der Waals surface area contributed by atoms with Crippen LogP contribution in [0.4, 0.5) is 0 Å². The fourth-order valence-electron chi connectivity index (χ4n) is 2.13. The van der Waals surface area contributed by atoms with E-state index in [1.807, 2.05) is 5.38 Å². The minimum atomic E-state index is 0.0602. The predicted octanol–water partition coefficient (Wildman–Crippen LogP) is 5.32. The van der Waals surface area contributed by atoms with E-state index in [1.54, 1.807) is 11.3 Å². The molecule has 0 saturated carbocycles. The lowest BCUT2D eigenvalue weighted by atomic mass is 9.85. The van der Waals surface area contributed by atoms with Crippen molar-refractivity contribution in [1.29, 1.82) is 0 Å². The third kappa shape index (κ3) is 4.21. The molecule has 1 aromatic carbocycles. The number of nitrogens with zero attached hydrogens (tertiary/aromatic N) is 1. The van der Waals surface area contributed by atoms with Crippen LogP contribution in [-0.2, 0) is 24.3 Å². The third-order valence-electron chi connectivity index (χ3n) is 3.35. The number of rotatable bonds is 5. The predicted molar refractivity (Wildman–Crippen MR) is 90.5 cm³/mol. The Balaban J connectivity index is 2.19. The molecule has 21 heavy (non-hydrogen) atoms. The number of benzene rings is 1. The van der Waals surface area contributed by atoms with Gasteiger partial charge in [0.05, 0.1) is 11.6 Å². The van der Waals surface area contributed by atoms with E-state index < -0.39 is 0 Å². The van der Waals surface area contributed by atoms with Crippen molar-refractivity contribution >= 4 is 22.9 Å². The van der Waals surface area contributed by atoms with Gasteiger partial charge in [-0.2, -0.15) is 0 Å². The van der Waals surface area contributed by atoms with E-state index >= 15 is 0 Å². The second-order valence-electron chi connectivity index (χ2n) is 6.09. The normalized spacial score (nSPS) is 11.7. The highest BCUT2D eigenvalue weighted by molar-refractivity contribution is 7.09. The van der Waals surface area contributed by atoms with Crippen LogP contribution in [-0.4, -0.2) is 4.98 Å². The molecular formula is C17H22ClNOS. The molecule has 114 valence electrons. The smallest absolute Gasteiger partial charge is 0.140 e. The van der Waals surface area contributed by atoms with Gasteiger partial charge in [0.2, 0.25) is 0 Å². The molecule has 0 unspecified atom stereocenters. The van der Waals surface area contributed by atoms with Gasteiger partial charge in [0.1, 0.15) is 17.4 Å². The topological polar surface area (TPSA) is 22.1 Å². The molecule has 0 aliphatic rings. The van der Waals surface area contributed by atoms with Crippen molar-refractivity contribution in [2.75, 3.05) is 0 Å². The van der Waals surface area contributed by atoms with Crippen LogP contribution in [0.15, 0.2) is 23.6 Å². The molecule has 0 bridgehead atoms. The zero-order valence-corrected chi connectivity index (χ0v) is 14.6. The molecule has 2 aromatic rings. The first-order chi connectivity index (χ1) is 9.94. The van der Waals surface area contributed by atoms with Gasteiger partial charge in [-0.3, -0.25) is 0 Å². The number of hydrogen-bond acceptors (Lipinski definition) is 3. The Kier molecular flexibility index (Phi) is 5.28. The summed E-state index contributed by atoms with van der Waals surface area (Å²) >= 11 is 7.37. The summed E-state index contributed by atoms with van der Waals surface area (Å²) in [6, 6.07) is 6.47. The summed E-state index contributed by atoms with van der Waals surface area (Å²) in [5.41, 5.74) is 3.56. The van der Waals surface area contributed by atoms with Crippen LogP contribution in [0.25, 0.3) is 0 Å². The van der Waals surface area contributed by atoms with Crippen LogP contribution in [0.2, 0.25) is 0 Å². The average molecular weight is 324 g/mol. The monoisotopic (exact) mass is 323 g/mol. The summed E-state index contributed by atoms with van der Waals surface area (Å²) in [6.45, 7) is 9.30. The van der Waals surface area contributed by atoms with Crippen LogP contribution < -0.4 is 4.74 Å². The quantitative estimate of drug-likeness (QED) is 0.695. The van der Waals surface area contributed by atoms with Gasteiger partial charge in [-0.15, -0.1) is 22.9 Å². The second kappa shape index (κ2) is 6.80. The van der Waals surface area contributed by atoms with E-state index in [4.69, 9.17) is 16.3 Å². The number of aryl methyl sites for hydroxylation is 1. The van der Waals surface area contributed by atoms with Crippen molar-refractivity contribution in [3.63, 3.8) is 0 Å². The molecule has 0 atom stereocenters. The first-order valence-electron chi connectivity index (χ1n) is 7.19. The van der Waals surface area contributed by atoms with Crippen molar-refractivity contribution in [2.45, 2.75) is 52.0 Å². The maximum atomic E-state index is 6.01. The Labute approximate surface area is 136 Å². The highest BCUT2D eigenvalue weighted by Crippen LogP contribution is 2.33. The second-order valence-corrected chi connectivity index (χ2v) is 7.30. The zero-order chi connectivity index (χ0) is 15.5. The van der Waals surface area contributed by atoms with E-state index in [0.717, 1.165) is 22.9 Å². The number of thiazole rings is 1. The van der Waals surface area contributed by atoms with E-state index in [9.17, 15) is 0 Å². The Hall–Kier alpha value is -1.06. The van der Waals surface area contributed by atoms with E-state index in [1.165, 1.54) is 11.1 Å². The van der Waals surface area contributed by atoms with Crippen molar-refractivity contribution < 1.29 is 4.74 Å². The molecule has 2 nitrogen and oxygen atoms in total. The SMILES string of the molecule is CCc1ccc(OCc2nc(CCl)cs2)c(C(C)(C)C)c1. The van der Waals surface area contributed by atoms with Crippen molar-refractivity contribution in [3.8, 4) is 5.75 Å². The van der Waals surface area contributed by atoms with Gasteiger partial charge < -0.3 is 4.74 Å². The third-order valence-corrected chi connectivity index (χ3v) is 4.49. The van der Waals surface area contributed by atoms with Gasteiger partial charge in [-0.1, -0.05) is 39.8 Å². The number of ether oxygens (including phenoxy) is 1. The summed E-state index contributed by atoms with van der Waals surface area (Å²) in [7, 11) is 0. The molecule has 1 heterocycles. The molecule has 0 radical (unpaired) electrons. The number of hydrogen-bond donors (Lipinski definition) is 0. The molecular weight excluding hydrogens is 302 g/mol. The van der Waals surface area contributed by atoms with Gasteiger partial charge in [0.25, 0.3) is 0 Å². The lowest BCUT2D eigenvalue weighted by Crippen LogP contribution is -2.14. The molecule has 0 aliphatic heterocycles. The highest BCUT2D eigenvalue weighted by Gasteiger charge is 2.19. The first-order valence-corrected chi connectivity index (χ1v) is 8.61. The maximum Gasteiger partial charge on any atom is 0.140 e. The summed E-state index contributed by atoms with van der Waals surface area (Å²) in [4.78, 5) is 4.43. The van der Waals surface area contributed by atoms with Gasteiger partial charge in [0.15, 0.2) is 0 Å². The van der Waals surface area contributed by atoms with Crippen LogP contribution >= 0.6 is 22.9 Å². The van der Waals surface area contributed by atoms with Crippen molar-refractivity contribution in [3.05, 3.63) is 45.4 Å². The Bertz CT molecular complexity index is 601. The molecule has 4 heteroatoms. The van der Waals surface area contributed by atoms with Crippen LogP contribution in [0.1, 0.15) is 49.5 Å². The summed E-state index contributed by atoms with van der Waals surface area (Å²) < 4.78 is 6.01. The zero-order valence-electron chi connectivity index (χ0n) is 13.1. The average Bonchev–Trinajstić information content (AvgIpc) is 2.92. The fraction of sp³-hybridized carbons (Fsp3) is 0.471. The summed E-state index contributed by atoms with van der Waals surface area (Å²) in [5.74, 6) is 1.40. The number of aromatic nitrogens is 1. The minimum absolute atomic E-state index is 0.0602. The van der Waals surface area contributed by atoms with Crippen LogP contribution in [0.5, 0.6) is 5.75 Å². The molecule has 0 amide bonds. The largest absolute Gasteiger partial charge is 0.486 e. The van der Waals surface area contributed by atoms with E-state index in [2.05, 4.69) is 50.9 Å². The molecule has 0 saturated heterocycles. The van der Waals surface area contributed by atoms with Crippen LogP contribution in [0, 0.1) is 0 Å². The van der Waals surface area contributed by atoms with E-state index in [0.29, 0.717) is 12.5 Å². The van der Waals surface area contributed by atoms with Gasteiger partial charge in [0, 0.05) is 5.38 Å². The standard InChI is InChI=1S/C17H22ClNOS/c1-5-12-6-7-15(14(8-12)17(2,3)4)20-10-16-19-13(9-18)11-21-16/h6-8,11H,5,9-10H2,1-4H3. The Morgan fingerprint density at radius 3 is 2.62 bits per heavy atom. The molecule has 0 spiro atoms. The first kappa shape index (κ1) is 16.3. The van der Waals surface area contributed by atoms with Gasteiger partial charge in [-0.05, 0) is 29.0 Å². The number of alkyl halides is 1. The number of halogens is 1. The van der Waals surface area contributed by atoms with Gasteiger partial charge in [-0.25, -0.2) is 4.98 Å². The fourth-order valence-corrected chi connectivity index (χ4v) is 3.06. The lowest BCUT2D eigenvalue weighted by Gasteiger charge is -2.23. The highest BCUT2D eigenvalue weighted by atomic mass is 35.5. The van der Waals surface area contributed by atoms with Gasteiger partial charge >= 0.3 is 0 Å². The minimum Gasteiger partial charge on any atom is -0.486 e. The van der Waals surface area contributed by atoms with Crippen molar-refractivity contribution in [1.82, 2.24) is 4.98 Å². The summed E-state index contributed by atoms with van der Waals surface area (Å²) in [5, 5.41) is 2.95. The van der Waals surface area contributed by atoms with Crippen molar-refractivity contribution in [2.24, 2.45) is 0 Å². The molecule has 0 N–H and O–H groups in total. The maximum absolute atomic E-state index is 6.01. The Morgan fingerprint density at radius 1 is 1.29 bits per heavy atom. The van der Waals surface area contributed by atoms with Crippen LogP contribution in [0.3, 0.4) is 0 Å². The van der Waals surface area contributed by atoms with E-state index in [-0.39, 0.29) is 5.41 Å². The molecule has 0 fully saturated rings. The summed E-state index contributed by atoms with van der Waals surface area (Å²) in [6.07, 6.45) is 1.04. The lowest BCUT2D eigenvalue weighted by molar-refractivity contribution is 0.296.